The first kappa shape index (κ1) is 54.5. The lowest BCUT2D eigenvalue weighted by Gasteiger charge is -2.58. The Bertz CT molecular complexity index is 3320. The molecule has 17 nitrogen and oxygen atoms in total. The number of H-pyrrole nitrogens is 1. The van der Waals surface area contributed by atoms with Gasteiger partial charge in [0, 0.05) is 88.0 Å². The number of fused-ring (bicyclic) bond motifs is 1. The predicted molar refractivity (Wildman–Crippen MR) is 289 cm³/mol. The van der Waals surface area contributed by atoms with Crippen molar-refractivity contribution < 1.29 is 45.9 Å². The van der Waals surface area contributed by atoms with Gasteiger partial charge in [-0.3, -0.25) is 24.7 Å². The van der Waals surface area contributed by atoms with Crippen LogP contribution in [0.3, 0.4) is 0 Å². The van der Waals surface area contributed by atoms with Crippen LogP contribution < -0.4 is 24.4 Å². The Morgan fingerprint density at radius 2 is 1.71 bits per heavy atom. The van der Waals surface area contributed by atoms with Gasteiger partial charge >= 0.3 is 5.69 Å². The average molecular weight is 1090 g/mol. The van der Waals surface area contributed by atoms with Gasteiger partial charge < -0.3 is 29.8 Å². The van der Waals surface area contributed by atoms with E-state index in [1.165, 1.54) is 35.4 Å². The van der Waals surface area contributed by atoms with Crippen LogP contribution in [0.5, 0.6) is 17.4 Å². The van der Waals surface area contributed by atoms with Crippen molar-refractivity contribution in [1.29, 1.82) is 0 Å². The van der Waals surface area contributed by atoms with Crippen LogP contribution in [0.4, 0.5) is 30.4 Å². The third-order valence-electron chi connectivity index (χ3n) is 16.4. The van der Waals surface area contributed by atoms with Gasteiger partial charge in [-0.05, 0) is 123 Å². The summed E-state index contributed by atoms with van der Waals surface area (Å²) < 4.78 is 85.2. The van der Waals surface area contributed by atoms with Crippen LogP contribution >= 0.6 is 0 Å². The summed E-state index contributed by atoms with van der Waals surface area (Å²) in [5.74, 6) is -3.22. The summed E-state index contributed by atoms with van der Waals surface area (Å²) in [6.07, 6.45) is 8.46. The van der Waals surface area contributed by atoms with E-state index in [4.69, 9.17) is 9.47 Å². The number of nitrogens with one attached hydrogen (secondary N) is 3. The van der Waals surface area contributed by atoms with Gasteiger partial charge in [0.1, 0.15) is 22.1 Å². The number of aromatic nitrogens is 3. The lowest BCUT2D eigenvalue weighted by Crippen LogP contribution is -2.60. The largest absolute Gasteiger partial charge is 0.475 e. The molecule has 414 valence electrons. The molecule has 3 aromatic carbocycles. The Balaban J connectivity index is 0.865. The first-order valence-electron chi connectivity index (χ1n) is 26.8. The van der Waals surface area contributed by atoms with E-state index >= 15 is 0 Å². The van der Waals surface area contributed by atoms with E-state index in [0.717, 1.165) is 69.3 Å². The molecule has 2 saturated heterocycles. The molecule has 21 heteroatoms. The van der Waals surface area contributed by atoms with E-state index in [9.17, 15) is 41.6 Å². The highest BCUT2D eigenvalue weighted by Crippen LogP contribution is 2.53. The van der Waals surface area contributed by atoms with Crippen LogP contribution in [0, 0.1) is 38.9 Å². The lowest BCUT2D eigenvalue weighted by molar-refractivity contribution is -0.384. The normalized spacial score (nSPS) is 21.2. The molecule has 6 aromatic rings. The van der Waals surface area contributed by atoms with E-state index < -0.39 is 54.5 Å². The van der Waals surface area contributed by atoms with Gasteiger partial charge in [-0.15, -0.1) is 0 Å². The molecule has 2 saturated carbocycles. The van der Waals surface area contributed by atoms with E-state index in [1.54, 1.807) is 32.0 Å². The first-order chi connectivity index (χ1) is 37.3. The molecule has 0 unspecified atom stereocenters. The highest BCUT2D eigenvalue weighted by atomic mass is 32.2. The minimum Gasteiger partial charge on any atom is -0.475 e. The van der Waals surface area contributed by atoms with Crippen molar-refractivity contribution in [3.63, 3.8) is 0 Å². The number of amides is 1. The fraction of sp³-hybridized carbons (Fsp3) is 0.456. The van der Waals surface area contributed by atoms with Crippen molar-refractivity contribution in [3.05, 3.63) is 135 Å². The number of ether oxygens (including phenoxy) is 2. The number of hydrogen-bond acceptors (Lipinski definition) is 14. The maximum Gasteiger partial charge on any atom is 0.312 e. The number of benzene rings is 3. The molecule has 1 atom stereocenters. The molecule has 0 radical (unpaired) electrons. The van der Waals surface area contributed by atoms with Crippen molar-refractivity contribution in [2.24, 2.45) is 11.3 Å². The van der Waals surface area contributed by atoms with Crippen molar-refractivity contribution >= 4 is 44.2 Å². The summed E-state index contributed by atoms with van der Waals surface area (Å²) in [5.41, 5.74) is 2.75. The minimum atomic E-state index is -4.77. The second-order valence-corrected chi connectivity index (χ2v) is 23.8. The maximum absolute atomic E-state index is 15.0. The number of halogens is 3. The molecule has 1 amide bonds. The molecule has 1 spiro atoms. The number of piperidine rings is 1. The SMILES string of the molecule is CCOc1nc2[nH]cc(F)c2cc1Oc1cc(N2CCC3(CC2)CC(N2CCN(Cc4ccc(F)c(F)c4)C[C@H]2c2ccccc2C(C)C)C3)ccc1C(=O)NS(=O)(=O)c1cnc(NCC2CCC(C)(O)CC2)c([N+](=O)[O-])c1. The summed E-state index contributed by atoms with van der Waals surface area (Å²) >= 11 is 0. The van der Waals surface area contributed by atoms with Gasteiger partial charge in [-0.2, -0.15) is 4.98 Å². The second kappa shape index (κ2) is 22.1. The third kappa shape index (κ3) is 11.6. The Kier molecular flexibility index (Phi) is 15.5. The zero-order chi connectivity index (χ0) is 55.1. The number of hydrogen-bond donors (Lipinski definition) is 4. The number of aromatic amines is 1. The van der Waals surface area contributed by atoms with Crippen LogP contribution in [0.2, 0.25) is 0 Å². The summed E-state index contributed by atoms with van der Waals surface area (Å²) in [5, 5.41) is 25.7. The third-order valence-corrected chi connectivity index (χ3v) is 17.7. The fourth-order valence-corrected chi connectivity index (χ4v) is 12.9. The second-order valence-electron chi connectivity index (χ2n) is 22.2. The molecule has 4 N–H and O–H groups in total. The van der Waals surface area contributed by atoms with Gasteiger partial charge in [-0.25, -0.2) is 31.3 Å². The number of rotatable bonds is 17. The number of nitrogens with zero attached hydrogens (tertiary/aromatic N) is 6. The molecular formula is C57H66F3N9O8S. The number of nitro groups is 1. The molecule has 5 heterocycles. The molecule has 4 aliphatic rings. The number of piperazine rings is 1. The van der Waals surface area contributed by atoms with Crippen LogP contribution in [0.15, 0.2) is 90.1 Å². The average Bonchev–Trinajstić information content (AvgIpc) is 3.93. The summed E-state index contributed by atoms with van der Waals surface area (Å²) in [6, 6.07) is 20.2. The van der Waals surface area contributed by atoms with Crippen molar-refractivity contribution in [2.75, 3.05) is 56.1 Å². The maximum atomic E-state index is 15.0. The number of pyridine rings is 2. The summed E-state index contributed by atoms with van der Waals surface area (Å²) in [4.78, 5) is 43.6. The van der Waals surface area contributed by atoms with Gasteiger partial charge in [0.15, 0.2) is 17.4 Å². The molecule has 4 fully saturated rings. The highest BCUT2D eigenvalue weighted by Gasteiger charge is 2.50. The lowest BCUT2D eigenvalue weighted by atomic mass is 9.59. The molecule has 0 bridgehead atoms. The summed E-state index contributed by atoms with van der Waals surface area (Å²) in [6.45, 7) is 12.7. The molecule has 2 aliphatic carbocycles. The number of anilines is 2. The molecule has 2 aliphatic heterocycles. The van der Waals surface area contributed by atoms with E-state index in [2.05, 4.69) is 73.1 Å². The molecule has 3 aromatic heterocycles. The zero-order valence-electron chi connectivity index (χ0n) is 44.2. The number of carbonyl (C=O) groups is 1. The fourth-order valence-electron chi connectivity index (χ4n) is 12.0. The Morgan fingerprint density at radius 3 is 2.42 bits per heavy atom. The van der Waals surface area contributed by atoms with Crippen molar-refractivity contribution in [2.45, 2.75) is 114 Å². The highest BCUT2D eigenvalue weighted by molar-refractivity contribution is 7.90. The Hall–Kier alpha value is -6.81. The van der Waals surface area contributed by atoms with Crippen LogP contribution in [0.25, 0.3) is 11.0 Å². The topological polar surface area (TPSA) is 208 Å². The first-order valence-corrected chi connectivity index (χ1v) is 28.3. The summed E-state index contributed by atoms with van der Waals surface area (Å²) in [7, 11) is -4.77. The van der Waals surface area contributed by atoms with E-state index in [1.807, 2.05) is 4.72 Å². The molecular weight excluding hydrogens is 1030 g/mol. The smallest absolute Gasteiger partial charge is 0.312 e. The predicted octanol–water partition coefficient (Wildman–Crippen LogP) is 10.4. The number of carbonyl (C=O) groups excluding carboxylic acids is 1. The van der Waals surface area contributed by atoms with Crippen molar-refractivity contribution in [1.82, 2.24) is 29.5 Å². The van der Waals surface area contributed by atoms with Gasteiger partial charge in [0.25, 0.3) is 21.8 Å². The Morgan fingerprint density at radius 1 is 0.949 bits per heavy atom. The van der Waals surface area contributed by atoms with Gasteiger partial charge in [0.2, 0.25) is 5.82 Å². The standard InChI is InChI=1S/C57H66F3N9O8S/c1-5-76-55-51(27-44-47(60)32-63-52(44)64-55)77-50-25-38(11-12-43(50)54(70)65-78(74,75)40-26-48(69(72)73)53(62-31-40)61-30-36-14-16-56(4,71)17-15-36)67-20-18-57(19-21-67)28-39(29-57)68-23-22-66(33-37-10-13-45(58)46(59)24-37)34-49(68)42-9-7-6-8-41(42)35(2)3/h6-13,24-27,31-32,35-36,39,49,71H,5,14-23,28-30,33-34H2,1-4H3,(H,61,62)(H,63,64)(H,65,70)/t36?,49-,56?/m0/s1. The van der Waals surface area contributed by atoms with Crippen LogP contribution in [0.1, 0.15) is 118 Å². The number of sulfonamides is 1. The van der Waals surface area contributed by atoms with Gasteiger partial charge in [-0.1, -0.05) is 44.2 Å². The zero-order valence-corrected chi connectivity index (χ0v) is 45.1. The monoisotopic (exact) mass is 1090 g/mol. The van der Waals surface area contributed by atoms with Crippen molar-refractivity contribution in [3.8, 4) is 17.4 Å². The van der Waals surface area contributed by atoms with E-state index in [-0.39, 0.29) is 63.8 Å². The van der Waals surface area contributed by atoms with E-state index in [0.29, 0.717) is 69.5 Å². The van der Waals surface area contributed by atoms with Crippen LogP contribution in [-0.2, 0) is 16.6 Å². The molecule has 10 rings (SSSR count). The molecule has 78 heavy (non-hydrogen) atoms. The van der Waals surface area contributed by atoms with Gasteiger partial charge in [0.05, 0.1) is 34.3 Å². The van der Waals surface area contributed by atoms with Crippen LogP contribution in [-0.4, -0.2) is 107 Å². The Labute approximate surface area is 451 Å². The number of aliphatic hydroxyl groups is 1. The quantitative estimate of drug-likeness (QED) is 0.0495. The minimum absolute atomic E-state index is 0.00209.